The van der Waals surface area contributed by atoms with E-state index >= 15 is 0 Å². The maximum atomic E-state index is 4.41. The number of aromatic nitrogens is 1. The summed E-state index contributed by atoms with van der Waals surface area (Å²) in [7, 11) is 0. The minimum Gasteiger partial charge on any atom is -0.313 e. The number of aryl methyl sites for hydroxylation is 2. The zero-order valence-corrected chi connectivity index (χ0v) is 12.2. The van der Waals surface area contributed by atoms with Gasteiger partial charge >= 0.3 is 0 Å². The van der Waals surface area contributed by atoms with Crippen molar-refractivity contribution in [3.05, 3.63) is 51.5 Å². The molecule has 0 fully saturated rings. The molecule has 3 heteroatoms. The van der Waals surface area contributed by atoms with Gasteiger partial charge in [-0.05, 0) is 37.3 Å². The first kappa shape index (κ1) is 12.8. The first-order chi connectivity index (χ1) is 9.31. The zero-order valence-electron chi connectivity index (χ0n) is 11.4. The highest BCUT2D eigenvalue weighted by Gasteiger charge is 2.17. The number of thiazole rings is 1. The van der Waals surface area contributed by atoms with Crippen LogP contribution in [-0.4, -0.2) is 17.6 Å². The quantitative estimate of drug-likeness (QED) is 0.925. The number of fused-ring (bicyclic) bond motifs is 1. The van der Waals surface area contributed by atoms with E-state index in [1.54, 1.807) is 0 Å². The number of benzene rings is 1. The van der Waals surface area contributed by atoms with Crippen molar-refractivity contribution in [2.75, 3.05) is 6.54 Å². The standard InChI is InChI=1S/C16H20N2S/c1-12-11-18-16(19-12)8-9-17-15-7-6-13-4-2-3-5-14(13)10-15/h2-5,11,15,17H,6-10H2,1H3. The van der Waals surface area contributed by atoms with Crippen molar-refractivity contribution in [2.24, 2.45) is 0 Å². The predicted octanol–water partition coefficient (Wildman–Crippen LogP) is 3.14. The van der Waals surface area contributed by atoms with Gasteiger partial charge in [0.2, 0.25) is 0 Å². The first-order valence-corrected chi connectivity index (χ1v) is 7.84. The highest BCUT2D eigenvalue weighted by molar-refractivity contribution is 7.11. The van der Waals surface area contributed by atoms with Gasteiger partial charge in [-0.15, -0.1) is 11.3 Å². The lowest BCUT2D eigenvalue weighted by Crippen LogP contribution is -2.35. The summed E-state index contributed by atoms with van der Waals surface area (Å²) >= 11 is 1.81. The molecule has 0 radical (unpaired) electrons. The second-order valence-electron chi connectivity index (χ2n) is 5.28. The maximum Gasteiger partial charge on any atom is 0.0940 e. The molecule has 0 bridgehead atoms. The zero-order chi connectivity index (χ0) is 13.1. The molecular weight excluding hydrogens is 252 g/mol. The van der Waals surface area contributed by atoms with E-state index in [9.17, 15) is 0 Å². The van der Waals surface area contributed by atoms with E-state index in [4.69, 9.17) is 0 Å². The van der Waals surface area contributed by atoms with Crippen LogP contribution in [-0.2, 0) is 19.3 Å². The number of nitrogens with one attached hydrogen (secondary N) is 1. The average Bonchev–Trinajstić information content (AvgIpc) is 2.84. The Balaban J connectivity index is 1.50. The predicted molar refractivity (Wildman–Crippen MR) is 80.8 cm³/mol. The fourth-order valence-electron chi connectivity index (χ4n) is 2.77. The summed E-state index contributed by atoms with van der Waals surface area (Å²) in [6.07, 6.45) is 6.67. The summed E-state index contributed by atoms with van der Waals surface area (Å²) in [6, 6.07) is 9.48. The molecule has 1 aliphatic rings. The highest BCUT2D eigenvalue weighted by Crippen LogP contribution is 2.21. The van der Waals surface area contributed by atoms with Gasteiger partial charge in [0.25, 0.3) is 0 Å². The van der Waals surface area contributed by atoms with E-state index in [0.29, 0.717) is 6.04 Å². The fraction of sp³-hybridized carbons (Fsp3) is 0.438. The van der Waals surface area contributed by atoms with E-state index < -0.39 is 0 Å². The molecule has 2 aromatic rings. The lowest BCUT2D eigenvalue weighted by atomic mass is 9.88. The SMILES string of the molecule is Cc1cnc(CCNC2CCc3ccccc3C2)s1. The summed E-state index contributed by atoms with van der Waals surface area (Å²) in [5, 5.41) is 4.94. The van der Waals surface area contributed by atoms with Crippen LogP contribution in [0.25, 0.3) is 0 Å². The molecule has 1 unspecified atom stereocenters. The van der Waals surface area contributed by atoms with Crippen molar-refractivity contribution >= 4 is 11.3 Å². The van der Waals surface area contributed by atoms with E-state index in [1.165, 1.54) is 40.3 Å². The molecule has 1 aromatic carbocycles. The molecule has 0 amide bonds. The van der Waals surface area contributed by atoms with Crippen molar-refractivity contribution < 1.29 is 0 Å². The molecule has 3 rings (SSSR count). The van der Waals surface area contributed by atoms with Gasteiger partial charge in [0.1, 0.15) is 0 Å². The van der Waals surface area contributed by atoms with Gasteiger partial charge < -0.3 is 5.32 Å². The van der Waals surface area contributed by atoms with Crippen LogP contribution < -0.4 is 5.32 Å². The van der Waals surface area contributed by atoms with Crippen LogP contribution in [0.1, 0.15) is 27.4 Å². The Morgan fingerprint density at radius 2 is 2.16 bits per heavy atom. The average molecular weight is 272 g/mol. The Labute approximate surface area is 118 Å². The van der Waals surface area contributed by atoms with Crippen LogP contribution in [0.3, 0.4) is 0 Å². The summed E-state index contributed by atoms with van der Waals surface area (Å²) in [5.74, 6) is 0. The molecule has 2 nitrogen and oxygen atoms in total. The minimum atomic E-state index is 0.635. The Hall–Kier alpha value is -1.19. The third kappa shape index (κ3) is 3.23. The Morgan fingerprint density at radius 1 is 1.32 bits per heavy atom. The maximum absolute atomic E-state index is 4.41. The molecule has 1 heterocycles. The van der Waals surface area contributed by atoms with Gasteiger partial charge in [-0.3, -0.25) is 0 Å². The summed E-state index contributed by atoms with van der Waals surface area (Å²) in [6.45, 7) is 3.16. The third-order valence-electron chi connectivity index (χ3n) is 3.79. The molecule has 100 valence electrons. The van der Waals surface area contributed by atoms with Gasteiger partial charge in [0.05, 0.1) is 5.01 Å². The third-order valence-corrected chi connectivity index (χ3v) is 4.76. The topological polar surface area (TPSA) is 24.9 Å². The fourth-order valence-corrected chi connectivity index (χ4v) is 3.56. The molecule has 1 N–H and O–H groups in total. The van der Waals surface area contributed by atoms with Crippen molar-refractivity contribution in [1.82, 2.24) is 10.3 Å². The van der Waals surface area contributed by atoms with E-state index in [0.717, 1.165) is 13.0 Å². The van der Waals surface area contributed by atoms with E-state index in [1.807, 2.05) is 17.5 Å². The molecule has 1 atom stereocenters. The van der Waals surface area contributed by atoms with Crippen molar-refractivity contribution in [3.8, 4) is 0 Å². The Bertz CT molecular complexity index is 547. The first-order valence-electron chi connectivity index (χ1n) is 7.03. The van der Waals surface area contributed by atoms with Gasteiger partial charge in [0, 0.05) is 30.1 Å². The van der Waals surface area contributed by atoms with E-state index in [-0.39, 0.29) is 0 Å². The van der Waals surface area contributed by atoms with Gasteiger partial charge in [-0.25, -0.2) is 4.98 Å². The summed E-state index contributed by atoms with van der Waals surface area (Å²) in [4.78, 5) is 5.72. The Morgan fingerprint density at radius 3 is 2.95 bits per heavy atom. The second kappa shape index (κ2) is 5.85. The number of nitrogens with zero attached hydrogens (tertiary/aromatic N) is 1. The largest absolute Gasteiger partial charge is 0.313 e. The number of hydrogen-bond donors (Lipinski definition) is 1. The minimum absolute atomic E-state index is 0.635. The summed E-state index contributed by atoms with van der Waals surface area (Å²) in [5.41, 5.74) is 3.06. The van der Waals surface area contributed by atoms with Crippen LogP contribution in [0.2, 0.25) is 0 Å². The van der Waals surface area contributed by atoms with Crippen LogP contribution in [0.5, 0.6) is 0 Å². The second-order valence-corrected chi connectivity index (χ2v) is 6.60. The normalized spacial score (nSPS) is 18.3. The molecule has 0 saturated heterocycles. The summed E-state index contributed by atoms with van der Waals surface area (Å²) < 4.78 is 0. The van der Waals surface area contributed by atoms with Gasteiger partial charge in [-0.1, -0.05) is 24.3 Å². The van der Waals surface area contributed by atoms with Crippen LogP contribution in [0.4, 0.5) is 0 Å². The van der Waals surface area contributed by atoms with Crippen LogP contribution >= 0.6 is 11.3 Å². The number of hydrogen-bond acceptors (Lipinski definition) is 3. The van der Waals surface area contributed by atoms with Crippen molar-refractivity contribution in [2.45, 2.75) is 38.6 Å². The van der Waals surface area contributed by atoms with Crippen LogP contribution in [0, 0.1) is 6.92 Å². The molecule has 0 saturated carbocycles. The smallest absolute Gasteiger partial charge is 0.0940 e. The molecule has 1 aliphatic carbocycles. The molecule has 19 heavy (non-hydrogen) atoms. The lowest BCUT2D eigenvalue weighted by Gasteiger charge is -2.25. The highest BCUT2D eigenvalue weighted by atomic mass is 32.1. The van der Waals surface area contributed by atoms with E-state index in [2.05, 4.69) is 41.5 Å². The van der Waals surface area contributed by atoms with Gasteiger partial charge in [0.15, 0.2) is 0 Å². The van der Waals surface area contributed by atoms with Crippen LogP contribution in [0.15, 0.2) is 30.5 Å². The monoisotopic (exact) mass is 272 g/mol. The lowest BCUT2D eigenvalue weighted by molar-refractivity contribution is 0.461. The van der Waals surface area contributed by atoms with Crippen molar-refractivity contribution in [1.29, 1.82) is 0 Å². The molecule has 0 aliphatic heterocycles. The van der Waals surface area contributed by atoms with Gasteiger partial charge in [-0.2, -0.15) is 0 Å². The molecule has 0 spiro atoms. The number of rotatable bonds is 4. The van der Waals surface area contributed by atoms with Crippen molar-refractivity contribution in [3.63, 3.8) is 0 Å². The Kier molecular flexibility index (Phi) is 3.95. The molecule has 1 aromatic heterocycles. The molecular formula is C16H20N2S.